The van der Waals surface area contributed by atoms with Gasteiger partial charge < -0.3 is 9.88 Å². The van der Waals surface area contributed by atoms with Gasteiger partial charge >= 0.3 is 0 Å². The summed E-state index contributed by atoms with van der Waals surface area (Å²) in [6.45, 7) is 4.92. The summed E-state index contributed by atoms with van der Waals surface area (Å²) in [6.07, 6.45) is 9.97. The number of aromatic nitrogens is 4. The molecule has 5 nitrogen and oxygen atoms in total. The van der Waals surface area contributed by atoms with Crippen LogP contribution in [0.15, 0.2) is 30.9 Å². The van der Waals surface area contributed by atoms with Gasteiger partial charge in [0.1, 0.15) is 0 Å². The highest BCUT2D eigenvalue weighted by molar-refractivity contribution is 5.25. The summed E-state index contributed by atoms with van der Waals surface area (Å²) < 4.78 is 4.05. The third-order valence-electron chi connectivity index (χ3n) is 2.66. The number of aryl methyl sites for hydroxylation is 2. The standard InChI is InChI=1S/C12H19N5/c1-2-3-5-13-12-14-7-9-16(12)10-11-17-8-4-6-15-17/h4,6-9H,2-3,5,10-11H2,1H3,(H,13,14). The molecule has 0 radical (unpaired) electrons. The molecule has 17 heavy (non-hydrogen) atoms. The SMILES string of the molecule is CCCCNc1nccn1CCn1cccn1. The second kappa shape index (κ2) is 6.08. The largest absolute Gasteiger partial charge is 0.356 e. The Labute approximate surface area is 101 Å². The van der Waals surface area contributed by atoms with Crippen molar-refractivity contribution in [1.29, 1.82) is 0 Å². The molecular weight excluding hydrogens is 214 g/mol. The predicted molar refractivity (Wildman–Crippen MR) is 67.9 cm³/mol. The van der Waals surface area contributed by atoms with E-state index in [0.29, 0.717) is 0 Å². The molecule has 0 aliphatic carbocycles. The highest BCUT2D eigenvalue weighted by Gasteiger charge is 2.01. The van der Waals surface area contributed by atoms with Crippen molar-refractivity contribution in [2.75, 3.05) is 11.9 Å². The van der Waals surface area contributed by atoms with Gasteiger partial charge in [-0.1, -0.05) is 13.3 Å². The first-order valence-electron chi connectivity index (χ1n) is 6.12. The molecule has 0 unspecified atom stereocenters. The first kappa shape index (κ1) is 11.7. The van der Waals surface area contributed by atoms with Crippen molar-refractivity contribution in [3.05, 3.63) is 30.9 Å². The number of nitrogens with zero attached hydrogens (tertiary/aromatic N) is 4. The van der Waals surface area contributed by atoms with Gasteiger partial charge in [-0.2, -0.15) is 5.10 Å². The van der Waals surface area contributed by atoms with Crippen LogP contribution in [0.25, 0.3) is 0 Å². The highest BCUT2D eigenvalue weighted by Crippen LogP contribution is 2.05. The minimum Gasteiger partial charge on any atom is -0.356 e. The van der Waals surface area contributed by atoms with Crippen molar-refractivity contribution < 1.29 is 0 Å². The highest BCUT2D eigenvalue weighted by atomic mass is 15.3. The number of rotatable bonds is 7. The predicted octanol–water partition coefficient (Wildman–Crippen LogP) is 1.99. The fourth-order valence-electron chi connectivity index (χ4n) is 1.68. The summed E-state index contributed by atoms with van der Waals surface area (Å²) in [5.41, 5.74) is 0. The van der Waals surface area contributed by atoms with E-state index in [1.54, 1.807) is 6.20 Å². The molecule has 5 heteroatoms. The number of imidazole rings is 1. The Kier molecular flexibility index (Phi) is 4.18. The van der Waals surface area contributed by atoms with E-state index in [0.717, 1.165) is 25.6 Å². The Balaban J connectivity index is 1.85. The fourth-order valence-corrected chi connectivity index (χ4v) is 1.68. The third-order valence-corrected chi connectivity index (χ3v) is 2.66. The molecular formula is C12H19N5. The van der Waals surface area contributed by atoms with Gasteiger partial charge in [-0.05, 0) is 12.5 Å². The number of hydrogen-bond acceptors (Lipinski definition) is 3. The molecule has 0 aliphatic heterocycles. The van der Waals surface area contributed by atoms with E-state index in [1.807, 2.05) is 29.3 Å². The lowest BCUT2D eigenvalue weighted by Gasteiger charge is -2.09. The molecule has 2 heterocycles. The van der Waals surface area contributed by atoms with Crippen LogP contribution in [0.1, 0.15) is 19.8 Å². The molecule has 1 N–H and O–H groups in total. The van der Waals surface area contributed by atoms with Crippen LogP contribution in [-0.2, 0) is 13.1 Å². The van der Waals surface area contributed by atoms with Crippen molar-refractivity contribution in [3.63, 3.8) is 0 Å². The second-order valence-electron chi connectivity index (χ2n) is 3.99. The maximum absolute atomic E-state index is 4.31. The molecule has 2 rings (SSSR count). The topological polar surface area (TPSA) is 47.7 Å². The molecule has 0 spiro atoms. The van der Waals surface area contributed by atoms with Crippen LogP contribution in [-0.4, -0.2) is 25.9 Å². The normalized spacial score (nSPS) is 10.6. The van der Waals surface area contributed by atoms with E-state index in [1.165, 1.54) is 12.8 Å². The third kappa shape index (κ3) is 3.34. The zero-order chi connectivity index (χ0) is 11.9. The quantitative estimate of drug-likeness (QED) is 0.744. The van der Waals surface area contributed by atoms with Crippen LogP contribution in [0, 0.1) is 0 Å². The van der Waals surface area contributed by atoms with E-state index in [4.69, 9.17) is 0 Å². The van der Waals surface area contributed by atoms with Gasteiger partial charge in [0, 0.05) is 37.9 Å². The Morgan fingerprint density at radius 2 is 2.18 bits per heavy atom. The van der Waals surface area contributed by atoms with Crippen LogP contribution in [0.4, 0.5) is 5.95 Å². The zero-order valence-corrected chi connectivity index (χ0v) is 10.2. The van der Waals surface area contributed by atoms with Crippen LogP contribution >= 0.6 is 0 Å². The Hall–Kier alpha value is -1.78. The summed E-state index contributed by atoms with van der Waals surface area (Å²) in [7, 11) is 0. The zero-order valence-electron chi connectivity index (χ0n) is 10.2. The lowest BCUT2D eigenvalue weighted by molar-refractivity contribution is 0.535. The summed E-state index contributed by atoms with van der Waals surface area (Å²) in [5.74, 6) is 0.950. The summed E-state index contributed by atoms with van der Waals surface area (Å²) in [6, 6.07) is 1.94. The summed E-state index contributed by atoms with van der Waals surface area (Å²) in [4.78, 5) is 4.31. The number of hydrogen-bond donors (Lipinski definition) is 1. The van der Waals surface area contributed by atoms with Crippen molar-refractivity contribution >= 4 is 5.95 Å². The molecule has 0 bridgehead atoms. The monoisotopic (exact) mass is 233 g/mol. The molecule has 92 valence electrons. The van der Waals surface area contributed by atoms with Crippen molar-refractivity contribution in [1.82, 2.24) is 19.3 Å². The van der Waals surface area contributed by atoms with E-state index in [2.05, 4.69) is 26.9 Å². The average molecular weight is 233 g/mol. The van der Waals surface area contributed by atoms with Crippen LogP contribution in [0.2, 0.25) is 0 Å². The molecule has 0 saturated carbocycles. The molecule has 2 aromatic heterocycles. The Bertz CT molecular complexity index is 418. The van der Waals surface area contributed by atoms with Gasteiger partial charge in [0.25, 0.3) is 0 Å². The molecule has 0 saturated heterocycles. The maximum atomic E-state index is 4.31. The second-order valence-corrected chi connectivity index (χ2v) is 3.99. The lowest BCUT2D eigenvalue weighted by Crippen LogP contribution is -2.12. The van der Waals surface area contributed by atoms with Gasteiger partial charge in [-0.15, -0.1) is 0 Å². The molecule has 0 atom stereocenters. The van der Waals surface area contributed by atoms with Crippen molar-refractivity contribution in [2.24, 2.45) is 0 Å². The van der Waals surface area contributed by atoms with E-state index >= 15 is 0 Å². The number of anilines is 1. The van der Waals surface area contributed by atoms with Gasteiger partial charge in [0.05, 0.1) is 6.54 Å². The average Bonchev–Trinajstić information content (AvgIpc) is 2.97. The van der Waals surface area contributed by atoms with Gasteiger partial charge in [-0.3, -0.25) is 4.68 Å². The Morgan fingerprint density at radius 1 is 1.24 bits per heavy atom. The summed E-state index contributed by atoms with van der Waals surface area (Å²) in [5, 5.41) is 7.53. The molecule has 0 fully saturated rings. The summed E-state index contributed by atoms with van der Waals surface area (Å²) >= 11 is 0. The van der Waals surface area contributed by atoms with Crippen molar-refractivity contribution in [3.8, 4) is 0 Å². The minimum atomic E-state index is 0.867. The fraction of sp³-hybridized carbons (Fsp3) is 0.500. The molecule has 0 amide bonds. The Morgan fingerprint density at radius 3 is 2.94 bits per heavy atom. The van der Waals surface area contributed by atoms with Crippen LogP contribution in [0.3, 0.4) is 0 Å². The van der Waals surface area contributed by atoms with E-state index in [-0.39, 0.29) is 0 Å². The first-order chi connectivity index (χ1) is 8.40. The molecule has 0 aliphatic rings. The van der Waals surface area contributed by atoms with Crippen LogP contribution < -0.4 is 5.32 Å². The van der Waals surface area contributed by atoms with Crippen LogP contribution in [0.5, 0.6) is 0 Å². The maximum Gasteiger partial charge on any atom is 0.202 e. The molecule has 2 aromatic rings. The lowest BCUT2D eigenvalue weighted by atomic mass is 10.3. The van der Waals surface area contributed by atoms with Crippen molar-refractivity contribution in [2.45, 2.75) is 32.9 Å². The van der Waals surface area contributed by atoms with Gasteiger partial charge in [0.15, 0.2) is 0 Å². The van der Waals surface area contributed by atoms with Gasteiger partial charge in [0.2, 0.25) is 5.95 Å². The number of unbranched alkanes of at least 4 members (excludes halogenated alkanes) is 1. The van der Waals surface area contributed by atoms with Gasteiger partial charge in [-0.25, -0.2) is 4.98 Å². The smallest absolute Gasteiger partial charge is 0.202 e. The first-order valence-corrected chi connectivity index (χ1v) is 6.12. The van der Waals surface area contributed by atoms with E-state index in [9.17, 15) is 0 Å². The number of nitrogens with one attached hydrogen (secondary N) is 1. The van der Waals surface area contributed by atoms with E-state index < -0.39 is 0 Å². The minimum absolute atomic E-state index is 0.867. The molecule has 0 aromatic carbocycles.